The number of nitrogens with zero attached hydrogens (tertiary/aromatic N) is 3. The van der Waals surface area contributed by atoms with Crippen LogP contribution in [-0.4, -0.2) is 77.7 Å². The molecule has 1 aromatic rings. The van der Waals surface area contributed by atoms with Crippen molar-refractivity contribution < 1.29 is 37.1 Å². The second-order valence-corrected chi connectivity index (χ2v) is 6.86. The van der Waals surface area contributed by atoms with Gasteiger partial charge in [0.2, 0.25) is 5.91 Å². The second kappa shape index (κ2) is 10.3. The van der Waals surface area contributed by atoms with Gasteiger partial charge in [0.1, 0.15) is 13.1 Å². The maximum atomic E-state index is 12.8. The molecule has 0 radical (unpaired) electrons. The molecule has 0 aliphatic carbocycles. The van der Waals surface area contributed by atoms with Gasteiger partial charge in [-0.05, 0) is 31.5 Å². The Balaban J connectivity index is 2.13. The molecular weight excluding hydrogens is 419 g/mol. The lowest BCUT2D eigenvalue weighted by Gasteiger charge is -2.34. The van der Waals surface area contributed by atoms with E-state index in [1.165, 1.54) is 17.0 Å². The minimum absolute atomic E-state index is 0.0904. The van der Waals surface area contributed by atoms with Crippen molar-refractivity contribution in [1.82, 2.24) is 14.7 Å². The fourth-order valence-corrected chi connectivity index (χ4v) is 3.05. The molecule has 11 heteroatoms. The number of esters is 1. The van der Waals surface area contributed by atoms with E-state index in [1.54, 1.807) is 13.8 Å². The van der Waals surface area contributed by atoms with E-state index in [0.717, 1.165) is 21.9 Å². The van der Waals surface area contributed by atoms with Gasteiger partial charge in [0.05, 0.1) is 12.2 Å². The zero-order valence-electron chi connectivity index (χ0n) is 17.3. The van der Waals surface area contributed by atoms with Crippen LogP contribution in [-0.2, 0) is 36.6 Å². The van der Waals surface area contributed by atoms with Gasteiger partial charge in [0, 0.05) is 26.2 Å². The molecule has 1 heterocycles. The van der Waals surface area contributed by atoms with Gasteiger partial charge in [0.25, 0.3) is 0 Å². The van der Waals surface area contributed by atoms with E-state index in [2.05, 4.69) is 0 Å². The smallest absolute Gasteiger partial charge is 0.416 e. The normalized spacial score (nSPS) is 14.6. The monoisotopic (exact) mass is 443 g/mol. The third-order valence-electron chi connectivity index (χ3n) is 4.74. The lowest BCUT2D eigenvalue weighted by Crippen LogP contribution is -2.56. The Hall–Kier alpha value is -3.11. The van der Waals surface area contributed by atoms with Gasteiger partial charge >= 0.3 is 24.0 Å². The molecule has 1 fully saturated rings. The van der Waals surface area contributed by atoms with Crippen molar-refractivity contribution >= 4 is 23.7 Å². The number of alkyl halides is 3. The van der Waals surface area contributed by atoms with E-state index in [0.29, 0.717) is 12.1 Å². The number of hydrogen-bond acceptors (Lipinski definition) is 5. The number of carbonyl (C=O) groups is 4. The standard InChI is InChI=1S/C20H24F3N3O5/c1-3-24-9-10-25(19(30)18(24)29)12-16(27)26(13-17(28)31-4-2)11-14-5-7-15(8-6-14)20(21,22)23/h5-8H,3-4,9-13H2,1-2H3. The zero-order valence-corrected chi connectivity index (χ0v) is 17.3. The van der Waals surface area contributed by atoms with Crippen molar-refractivity contribution in [2.75, 3.05) is 39.3 Å². The molecule has 1 aromatic carbocycles. The van der Waals surface area contributed by atoms with Crippen LogP contribution in [0.15, 0.2) is 24.3 Å². The number of benzene rings is 1. The van der Waals surface area contributed by atoms with Crippen LogP contribution in [0.25, 0.3) is 0 Å². The lowest BCUT2D eigenvalue weighted by molar-refractivity contribution is -0.158. The zero-order chi connectivity index (χ0) is 23.2. The molecule has 0 aromatic heterocycles. The first-order valence-corrected chi connectivity index (χ1v) is 9.74. The number of likely N-dealkylation sites (N-methyl/N-ethyl adjacent to an activating group) is 1. The third-order valence-corrected chi connectivity index (χ3v) is 4.74. The Morgan fingerprint density at radius 2 is 1.61 bits per heavy atom. The van der Waals surface area contributed by atoms with E-state index in [1.807, 2.05) is 0 Å². The van der Waals surface area contributed by atoms with E-state index >= 15 is 0 Å². The summed E-state index contributed by atoms with van der Waals surface area (Å²) in [5.74, 6) is -2.84. The minimum atomic E-state index is -4.49. The highest BCUT2D eigenvalue weighted by Crippen LogP contribution is 2.29. The summed E-state index contributed by atoms with van der Waals surface area (Å²) >= 11 is 0. The number of piperazine rings is 1. The van der Waals surface area contributed by atoms with Crippen LogP contribution in [0.2, 0.25) is 0 Å². The summed E-state index contributed by atoms with van der Waals surface area (Å²) in [6.45, 7) is 3.21. The summed E-state index contributed by atoms with van der Waals surface area (Å²) in [6, 6.07) is 4.19. The Morgan fingerprint density at radius 3 is 2.16 bits per heavy atom. The van der Waals surface area contributed by atoms with Gasteiger partial charge in [-0.2, -0.15) is 13.2 Å². The summed E-state index contributed by atoms with van der Waals surface area (Å²) in [5.41, 5.74) is -0.471. The largest absolute Gasteiger partial charge is 0.465 e. The van der Waals surface area contributed by atoms with Crippen LogP contribution in [0.5, 0.6) is 0 Å². The van der Waals surface area contributed by atoms with E-state index in [-0.39, 0.29) is 26.2 Å². The molecule has 0 saturated carbocycles. The van der Waals surface area contributed by atoms with Crippen molar-refractivity contribution in [3.63, 3.8) is 0 Å². The first-order valence-electron chi connectivity index (χ1n) is 9.74. The number of rotatable bonds is 8. The van der Waals surface area contributed by atoms with Crippen LogP contribution in [0, 0.1) is 0 Å². The molecule has 1 aliphatic heterocycles. The third kappa shape index (κ3) is 6.43. The lowest BCUT2D eigenvalue weighted by atomic mass is 10.1. The Labute approximate surface area is 177 Å². The number of ether oxygens (including phenoxy) is 1. The first-order chi connectivity index (χ1) is 14.6. The van der Waals surface area contributed by atoms with Crippen LogP contribution < -0.4 is 0 Å². The summed E-state index contributed by atoms with van der Waals surface area (Å²) < 4.78 is 43.1. The highest BCUT2D eigenvalue weighted by molar-refractivity contribution is 6.35. The highest BCUT2D eigenvalue weighted by atomic mass is 19.4. The molecule has 0 bridgehead atoms. The summed E-state index contributed by atoms with van der Waals surface area (Å²) in [5, 5.41) is 0. The van der Waals surface area contributed by atoms with Crippen LogP contribution in [0.1, 0.15) is 25.0 Å². The summed E-state index contributed by atoms with van der Waals surface area (Å²) in [4.78, 5) is 52.5. The molecular formula is C20H24F3N3O5. The number of carbonyl (C=O) groups excluding carboxylic acids is 4. The van der Waals surface area contributed by atoms with Gasteiger partial charge in [-0.15, -0.1) is 0 Å². The number of amides is 3. The van der Waals surface area contributed by atoms with E-state index in [4.69, 9.17) is 4.74 Å². The average molecular weight is 443 g/mol. The average Bonchev–Trinajstić information content (AvgIpc) is 2.71. The molecule has 1 aliphatic rings. The highest BCUT2D eigenvalue weighted by Gasteiger charge is 2.34. The van der Waals surface area contributed by atoms with Gasteiger partial charge in [-0.3, -0.25) is 19.2 Å². The first kappa shape index (κ1) is 24.2. The molecule has 0 atom stereocenters. The van der Waals surface area contributed by atoms with Crippen LogP contribution in [0.3, 0.4) is 0 Å². The summed E-state index contributed by atoms with van der Waals surface area (Å²) in [6.07, 6.45) is -4.49. The number of hydrogen-bond donors (Lipinski definition) is 0. The molecule has 170 valence electrons. The maximum absolute atomic E-state index is 12.8. The molecule has 0 spiro atoms. The Morgan fingerprint density at radius 1 is 1.03 bits per heavy atom. The Bertz CT molecular complexity index is 826. The van der Waals surface area contributed by atoms with Crippen LogP contribution in [0.4, 0.5) is 13.2 Å². The van der Waals surface area contributed by atoms with Gasteiger partial charge in [0.15, 0.2) is 0 Å². The molecule has 3 amide bonds. The molecule has 8 nitrogen and oxygen atoms in total. The fourth-order valence-electron chi connectivity index (χ4n) is 3.05. The summed E-state index contributed by atoms with van der Waals surface area (Å²) in [7, 11) is 0. The van der Waals surface area contributed by atoms with Gasteiger partial charge < -0.3 is 19.4 Å². The van der Waals surface area contributed by atoms with Gasteiger partial charge in [-0.1, -0.05) is 12.1 Å². The predicted octanol–water partition coefficient (Wildman–Crippen LogP) is 1.29. The van der Waals surface area contributed by atoms with Crippen molar-refractivity contribution in [2.45, 2.75) is 26.6 Å². The molecule has 2 rings (SSSR count). The van der Waals surface area contributed by atoms with E-state index < -0.39 is 48.5 Å². The maximum Gasteiger partial charge on any atom is 0.416 e. The minimum Gasteiger partial charge on any atom is -0.465 e. The quantitative estimate of drug-likeness (QED) is 0.446. The molecule has 0 unspecified atom stereocenters. The fraction of sp³-hybridized carbons (Fsp3) is 0.500. The number of halogens is 3. The molecule has 31 heavy (non-hydrogen) atoms. The van der Waals surface area contributed by atoms with Crippen molar-refractivity contribution in [3.05, 3.63) is 35.4 Å². The predicted molar refractivity (Wildman–Crippen MR) is 102 cm³/mol. The molecule has 1 saturated heterocycles. The van der Waals surface area contributed by atoms with Crippen LogP contribution >= 0.6 is 0 Å². The SMILES string of the molecule is CCOC(=O)CN(Cc1ccc(C(F)(F)F)cc1)C(=O)CN1CCN(CC)C(=O)C1=O. The van der Waals surface area contributed by atoms with Gasteiger partial charge in [-0.25, -0.2) is 0 Å². The topological polar surface area (TPSA) is 87.2 Å². The second-order valence-electron chi connectivity index (χ2n) is 6.86. The van der Waals surface area contributed by atoms with E-state index in [9.17, 15) is 32.3 Å². The Kier molecular flexibility index (Phi) is 8.01. The van der Waals surface area contributed by atoms with Crippen molar-refractivity contribution in [2.24, 2.45) is 0 Å². The van der Waals surface area contributed by atoms with Crippen molar-refractivity contribution in [3.8, 4) is 0 Å². The van der Waals surface area contributed by atoms with Crippen molar-refractivity contribution in [1.29, 1.82) is 0 Å². The molecule has 0 N–H and O–H groups in total.